The minimum absolute atomic E-state index is 0.214. The van der Waals surface area contributed by atoms with Crippen molar-refractivity contribution in [3.05, 3.63) is 23.3 Å². The van der Waals surface area contributed by atoms with Crippen molar-refractivity contribution in [1.29, 1.82) is 0 Å². The number of hydrogen-bond donors (Lipinski definition) is 0. The van der Waals surface area contributed by atoms with E-state index in [-0.39, 0.29) is 24.0 Å². The van der Waals surface area contributed by atoms with E-state index in [2.05, 4.69) is 39.8 Å². The molecule has 0 unspecified atom stereocenters. The van der Waals surface area contributed by atoms with E-state index >= 15 is 0 Å². The van der Waals surface area contributed by atoms with E-state index in [1.807, 2.05) is 0 Å². The van der Waals surface area contributed by atoms with Crippen LogP contribution in [-0.4, -0.2) is 25.2 Å². The van der Waals surface area contributed by atoms with E-state index in [1.165, 1.54) is 39.5 Å². The maximum absolute atomic E-state index is 11.3. The highest BCUT2D eigenvalue weighted by atomic mass is 16.5. The maximum atomic E-state index is 11.3. The van der Waals surface area contributed by atoms with Gasteiger partial charge in [0.25, 0.3) is 0 Å². The van der Waals surface area contributed by atoms with Gasteiger partial charge in [-0.05, 0) is 67.3 Å². The van der Waals surface area contributed by atoms with Crippen molar-refractivity contribution in [3.63, 3.8) is 0 Å². The van der Waals surface area contributed by atoms with E-state index in [4.69, 9.17) is 9.47 Å². The van der Waals surface area contributed by atoms with Crippen LogP contribution in [0, 0.1) is 22.7 Å². The quantitative estimate of drug-likeness (QED) is 0.418. The second-order valence-corrected chi connectivity index (χ2v) is 9.32. The molecule has 4 nitrogen and oxygen atoms in total. The van der Waals surface area contributed by atoms with Gasteiger partial charge in [-0.3, -0.25) is 9.59 Å². The Morgan fingerprint density at radius 3 is 2.50 bits per heavy atom. The third-order valence-electron chi connectivity index (χ3n) is 7.61. The average Bonchev–Trinajstić information content (AvgIpc) is 2.62. The Morgan fingerprint density at radius 2 is 1.86 bits per heavy atom. The number of hydrogen-bond acceptors (Lipinski definition) is 4. The number of carbonyl (C=O) groups excluding carboxylic acids is 2. The summed E-state index contributed by atoms with van der Waals surface area (Å²) in [6.07, 6.45) is 11.2. The average molecular weight is 391 g/mol. The molecule has 0 spiro atoms. The molecular weight excluding hydrogens is 352 g/mol. The standard InChI is InChI=1S/C24H38O4/c1-17-8-7-9-22-23(17,5)13-10-18(2)24(22,6)14-11-21(16-28-20(4)26)12-15-27-19(3)25/h8,11,18,22H,7,9-10,12-16H2,1-6H3/b21-11-/t18-,22+,23+,24+/m1/s1. The van der Waals surface area contributed by atoms with Crippen LogP contribution in [-0.2, 0) is 19.1 Å². The van der Waals surface area contributed by atoms with Gasteiger partial charge in [0.1, 0.15) is 6.61 Å². The Bertz CT molecular complexity index is 647. The summed E-state index contributed by atoms with van der Waals surface area (Å²) in [5.41, 5.74) is 3.10. The molecule has 2 aliphatic carbocycles. The minimum atomic E-state index is -0.281. The number of fused-ring (bicyclic) bond motifs is 1. The number of ether oxygens (including phenoxy) is 2. The van der Waals surface area contributed by atoms with Gasteiger partial charge in [0.2, 0.25) is 0 Å². The minimum Gasteiger partial charge on any atom is -0.466 e. The van der Waals surface area contributed by atoms with Crippen molar-refractivity contribution in [2.45, 2.75) is 80.1 Å². The van der Waals surface area contributed by atoms with Crippen molar-refractivity contribution in [1.82, 2.24) is 0 Å². The van der Waals surface area contributed by atoms with Crippen molar-refractivity contribution >= 4 is 11.9 Å². The van der Waals surface area contributed by atoms with Crippen molar-refractivity contribution in [2.24, 2.45) is 22.7 Å². The normalized spacial score (nSPS) is 32.9. The Labute approximate surface area is 170 Å². The molecule has 0 saturated heterocycles. The van der Waals surface area contributed by atoms with Gasteiger partial charge >= 0.3 is 11.9 Å². The van der Waals surface area contributed by atoms with E-state index < -0.39 is 0 Å². The molecule has 1 saturated carbocycles. The number of rotatable bonds is 7. The molecule has 28 heavy (non-hydrogen) atoms. The molecule has 0 bridgehead atoms. The van der Waals surface area contributed by atoms with Gasteiger partial charge in [0, 0.05) is 20.3 Å². The zero-order valence-electron chi connectivity index (χ0n) is 18.6. The van der Waals surface area contributed by atoms with Gasteiger partial charge < -0.3 is 9.47 Å². The summed E-state index contributed by atoms with van der Waals surface area (Å²) in [5.74, 6) is 0.751. The molecule has 0 radical (unpaired) electrons. The maximum Gasteiger partial charge on any atom is 0.302 e. The molecule has 0 heterocycles. The topological polar surface area (TPSA) is 52.6 Å². The van der Waals surface area contributed by atoms with Crippen LogP contribution in [0.1, 0.15) is 80.1 Å². The van der Waals surface area contributed by atoms with Crippen LogP contribution in [0.4, 0.5) is 0 Å². The van der Waals surface area contributed by atoms with Crippen LogP contribution in [0.15, 0.2) is 23.3 Å². The predicted octanol–water partition coefficient (Wildman–Crippen LogP) is 5.62. The van der Waals surface area contributed by atoms with Crippen molar-refractivity contribution in [3.8, 4) is 0 Å². The first-order valence-corrected chi connectivity index (χ1v) is 10.7. The van der Waals surface area contributed by atoms with E-state index in [0.29, 0.717) is 30.3 Å². The summed E-state index contributed by atoms with van der Waals surface area (Å²) in [7, 11) is 0. The molecule has 4 atom stereocenters. The lowest BCUT2D eigenvalue weighted by Gasteiger charge is -2.58. The SMILES string of the molecule is CC(=O)OCC/C(=C/C[C@@]1(C)[C@H](C)CC[C@@]2(C)C(C)=CCC[C@H]12)COC(C)=O. The fraction of sp³-hybridized carbons (Fsp3) is 0.750. The molecule has 0 amide bonds. The Morgan fingerprint density at radius 1 is 1.18 bits per heavy atom. The van der Waals surface area contributed by atoms with Crippen LogP contribution < -0.4 is 0 Å². The lowest BCUT2D eigenvalue weighted by atomic mass is 9.47. The van der Waals surface area contributed by atoms with Gasteiger partial charge in [-0.2, -0.15) is 0 Å². The van der Waals surface area contributed by atoms with Crippen molar-refractivity contribution < 1.29 is 19.1 Å². The second-order valence-electron chi connectivity index (χ2n) is 9.32. The zero-order valence-corrected chi connectivity index (χ0v) is 18.6. The largest absolute Gasteiger partial charge is 0.466 e. The van der Waals surface area contributed by atoms with Crippen LogP contribution in [0.2, 0.25) is 0 Å². The first-order valence-electron chi connectivity index (χ1n) is 10.7. The molecule has 0 N–H and O–H groups in total. The number of esters is 2. The van der Waals surface area contributed by atoms with Gasteiger partial charge in [-0.25, -0.2) is 0 Å². The van der Waals surface area contributed by atoms with Gasteiger partial charge in [-0.1, -0.05) is 38.5 Å². The summed E-state index contributed by atoms with van der Waals surface area (Å²) >= 11 is 0. The highest BCUT2D eigenvalue weighted by molar-refractivity contribution is 5.66. The summed E-state index contributed by atoms with van der Waals surface area (Å²) in [6, 6.07) is 0. The Balaban J connectivity index is 2.19. The molecule has 0 aromatic carbocycles. The van der Waals surface area contributed by atoms with Crippen LogP contribution >= 0.6 is 0 Å². The Kier molecular flexibility index (Phi) is 7.52. The summed E-state index contributed by atoms with van der Waals surface area (Å²) < 4.78 is 10.4. The van der Waals surface area contributed by atoms with Crippen LogP contribution in [0.5, 0.6) is 0 Å². The molecule has 4 heteroatoms. The third-order valence-corrected chi connectivity index (χ3v) is 7.61. The number of allylic oxidation sites excluding steroid dienone is 3. The molecule has 0 aromatic heterocycles. The number of carbonyl (C=O) groups is 2. The fourth-order valence-electron chi connectivity index (χ4n) is 5.37. The van der Waals surface area contributed by atoms with Gasteiger partial charge in [-0.15, -0.1) is 0 Å². The highest BCUT2D eigenvalue weighted by Crippen LogP contribution is 2.61. The molecule has 1 fully saturated rings. The smallest absolute Gasteiger partial charge is 0.302 e. The summed E-state index contributed by atoms with van der Waals surface area (Å²) in [6.45, 7) is 13.1. The molecule has 158 valence electrons. The predicted molar refractivity (Wildman–Crippen MR) is 112 cm³/mol. The highest BCUT2D eigenvalue weighted by Gasteiger charge is 2.52. The first-order chi connectivity index (χ1) is 13.1. The molecule has 2 aliphatic rings. The molecular formula is C24H38O4. The van der Waals surface area contributed by atoms with Gasteiger partial charge in [0.15, 0.2) is 0 Å². The van der Waals surface area contributed by atoms with Crippen LogP contribution in [0.25, 0.3) is 0 Å². The lowest BCUT2D eigenvalue weighted by Crippen LogP contribution is -2.49. The zero-order chi connectivity index (χ0) is 20.9. The van der Waals surface area contributed by atoms with E-state index in [1.54, 1.807) is 5.57 Å². The van der Waals surface area contributed by atoms with Crippen molar-refractivity contribution in [2.75, 3.05) is 13.2 Å². The molecule has 0 aliphatic heterocycles. The lowest BCUT2D eigenvalue weighted by molar-refractivity contribution is -0.142. The fourth-order valence-corrected chi connectivity index (χ4v) is 5.37. The van der Waals surface area contributed by atoms with Crippen LogP contribution in [0.3, 0.4) is 0 Å². The monoisotopic (exact) mass is 390 g/mol. The van der Waals surface area contributed by atoms with Gasteiger partial charge in [0.05, 0.1) is 6.61 Å². The molecule has 2 rings (SSSR count). The summed E-state index contributed by atoms with van der Waals surface area (Å²) in [5, 5.41) is 0. The second kappa shape index (κ2) is 9.28. The van der Waals surface area contributed by atoms with E-state index in [9.17, 15) is 9.59 Å². The molecule has 0 aromatic rings. The Hall–Kier alpha value is -1.58. The summed E-state index contributed by atoms with van der Waals surface area (Å²) in [4.78, 5) is 22.4. The third kappa shape index (κ3) is 5.07. The first kappa shape index (κ1) is 22.7. The van der Waals surface area contributed by atoms with E-state index in [0.717, 1.165) is 12.0 Å².